The molecule has 4 nitrogen and oxygen atoms in total. The zero-order chi connectivity index (χ0) is 14.9. The van der Waals surface area contributed by atoms with Crippen LogP contribution in [0.5, 0.6) is 0 Å². The van der Waals surface area contributed by atoms with Crippen molar-refractivity contribution < 1.29 is 9.90 Å². The molecule has 3 fully saturated rings. The minimum atomic E-state index is -0.720. The number of unbranched alkanes of at least 4 members (excludes halogenated alkanes) is 1. The smallest absolute Gasteiger partial charge is 0.323 e. The highest BCUT2D eigenvalue weighted by Crippen LogP contribution is 2.35. The normalized spacial score (nSPS) is 25.0. The van der Waals surface area contributed by atoms with E-state index in [2.05, 4.69) is 10.2 Å². The van der Waals surface area contributed by atoms with Gasteiger partial charge in [-0.05, 0) is 77.2 Å². The molecule has 4 heteroatoms. The number of hydrogen-bond acceptors (Lipinski definition) is 3. The van der Waals surface area contributed by atoms with Crippen molar-refractivity contribution in [3.8, 4) is 0 Å². The van der Waals surface area contributed by atoms with Gasteiger partial charge in [-0.2, -0.15) is 0 Å². The molecule has 0 aliphatic heterocycles. The van der Waals surface area contributed by atoms with E-state index in [0.717, 1.165) is 44.1 Å². The molecule has 3 aliphatic rings. The lowest BCUT2D eigenvalue weighted by Gasteiger charge is -2.27. The third-order valence-electron chi connectivity index (χ3n) is 5.20. The van der Waals surface area contributed by atoms with Gasteiger partial charge in [0.15, 0.2) is 0 Å². The summed E-state index contributed by atoms with van der Waals surface area (Å²) in [7, 11) is 0. The van der Waals surface area contributed by atoms with Crippen LogP contribution in [-0.4, -0.2) is 46.7 Å². The van der Waals surface area contributed by atoms with Crippen LogP contribution in [-0.2, 0) is 4.79 Å². The van der Waals surface area contributed by atoms with Gasteiger partial charge in [-0.25, -0.2) is 0 Å². The lowest BCUT2D eigenvalue weighted by atomic mass is 9.94. The molecule has 3 saturated carbocycles. The number of nitrogens with one attached hydrogen (secondary N) is 1. The van der Waals surface area contributed by atoms with Gasteiger partial charge in [0, 0.05) is 18.6 Å². The molecule has 21 heavy (non-hydrogen) atoms. The predicted molar refractivity (Wildman–Crippen MR) is 83.4 cm³/mol. The van der Waals surface area contributed by atoms with Crippen molar-refractivity contribution in [3.63, 3.8) is 0 Å². The van der Waals surface area contributed by atoms with Crippen molar-refractivity contribution in [1.29, 1.82) is 0 Å². The molecule has 3 aliphatic carbocycles. The fourth-order valence-corrected chi connectivity index (χ4v) is 3.21. The van der Waals surface area contributed by atoms with Gasteiger partial charge < -0.3 is 10.0 Å². The first-order valence-electron chi connectivity index (χ1n) is 8.82. The van der Waals surface area contributed by atoms with Crippen LogP contribution in [0.4, 0.5) is 0 Å². The van der Waals surface area contributed by atoms with Crippen molar-refractivity contribution in [1.82, 2.24) is 10.2 Å². The standard InChI is InChI=1S/C17H30N2O2/c1-17(16(20)21,18-14-6-7-14)10-2-3-11-19(15-8-9-15)12-13-4-5-13/h13-15,18H,2-12H2,1H3,(H,20,21). The van der Waals surface area contributed by atoms with Crippen molar-refractivity contribution in [3.05, 3.63) is 0 Å². The second kappa shape index (κ2) is 6.25. The summed E-state index contributed by atoms with van der Waals surface area (Å²) in [6, 6.07) is 1.30. The Hall–Kier alpha value is -0.610. The van der Waals surface area contributed by atoms with E-state index in [9.17, 15) is 9.90 Å². The van der Waals surface area contributed by atoms with Crippen LogP contribution < -0.4 is 5.32 Å². The van der Waals surface area contributed by atoms with Crippen LogP contribution >= 0.6 is 0 Å². The Morgan fingerprint density at radius 3 is 2.43 bits per heavy atom. The third kappa shape index (κ3) is 4.68. The highest BCUT2D eigenvalue weighted by atomic mass is 16.4. The SMILES string of the molecule is CC(CCCCN(CC1CC1)C1CC1)(NC1CC1)C(=O)O. The molecule has 120 valence electrons. The number of carboxylic acids is 1. The molecule has 0 amide bonds. The minimum Gasteiger partial charge on any atom is -0.480 e. The van der Waals surface area contributed by atoms with E-state index in [1.165, 1.54) is 38.8 Å². The number of nitrogens with zero attached hydrogens (tertiary/aromatic N) is 1. The topological polar surface area (TPSA) is 52.6 Å². The Morgan fingerprint density at radius 1 is 1.19 bits per heavy atom. The van der Waals surface area contributed by atoms with Crippen LogP contribution in [0.15, 0.2) is 0 Å². The molecule has 0 bridgehead atoms. The summed E-state index contributed by atoms with van der Waals surface area (Å²) in [6.07, 6.45) is 10.8. The Balaban J connectivity index is 1.37. The van der Waals surface area contributed by atoms with Gasteiger partial charge in [-0.1, -0.05) is 0 Å². The molecule has 0 heterocycles. The Morgan fingerprint density at radius 2 is 1.90 bits per heavy atom. The quantitative estimate of drug-likeness (QED) is 0.575. The molecule has 0 aromatic carbocycles. The van der Waals surface area contributed by atoms with Crippen molar-refractivity contribution in [2.24, 2.45) is 5.92 Å². The van der Waals surface area contributed by atoms with Gasteiger partial charge in [0.2, 0.25) is 0 Å². The summed E-state index contributed by atoms with van der Waals surface area (Å²) in [4.78, 5) is 14.2. The first-order chi connectivity index (χ1) is 10.1. The van der Waals surface area contributed by atoms with Gasteiger partial charge in [-0.3, -0.25) is 10.1 Å². The molecule has 0 spiro atoms. The molecule has 3 rings (SSSR count). The summed E-state index contributed by atoms with van der Waals surface area (Å²) in [6.45, 7) is 4.32. The van der Waals surface area contributed by atoms with E-state index in [1.54, 1.807) is 0 Å². The number of carbonyl (C=O) groups is 1. The Bertz CT molecular complexity index is 375. The Kier molecular flexibility index (Phi) is 4.55. The van der Waals surface area contributed by atoms with Gasteiger partial charge in [0.25, 0.3) is 0 Å². The molecule has 0 aromatic rings. The van der Waals surface area contributed by atoms with E-state index in [4.69, 9.17) is 0 Å². The summed E-state index contributed by atoms with van der Waals surface area (Å²) < 4.78 is 0. The maximum absolute atomic E-state index is 11.5. The summed E-state index contributed by atoms with van der Waals surface area (Å²) in [5, 5.41) is 12.8. The van der Waals surface area contributed by atoms with E-state index in [-0.39, 0.29) is 0 Å². The van der Waals surface area contributed by atoms with E-state index < -0.39 is 11.5 Å². The molecular weight excluding hydrogens is 264 g/mol. The second-order valence-corrected chi connectivity index (χ2v) is 7.68. The highest BCUT2D eigenvalue weighted by Gasteiger charge is 2.38. The highest BCUT2D eigenvalue weighted by molar-refractivity contribution is 5.78. The zero-order valence-corrected chi connectivity index (χ0v) is 13.3. The number of carboxylic acid groups (broad SMARTS) is 1. The average Bonchev–Trinajstić information content (AvgIpc) is 3.21. The monoisotopic (exact) mass is 294 g/mol. The lowest BCUT2D eigenvalue weighted by Crippen LogP contribution is -2.50. The summed E-state index contributed by atoms with van der Waals surface area (Å²) in [5.74, 6) is 0.276. The van der Waals surface area contributed by atoms with Crippen molar-refractivity contribution >= 4 is 5.97 Å². The maximum Gasteiger partial charge on any atom is 0.323 e. The maximum atomic E-state index is 11.5. The summed E-state index contributed by atoms with van der Waals surface area (Å²) in [5.41, 5.74) is -0.720. The number of rotatable bonds is 11. The van der Waals surface area contributed by atoms with Gasteiger partial charge >= 0.3 is 5.97 Å². The van der Waals surface area contributed by atoms with Crippen LogP contribution in [0, 0.1) is 5.92 Å². The second-order valence-electron chi connectivity index (χ2n) is 7.68. The molecule has 1 atom stereocenters. The average molecular weight is 294 g/mol. The van der Waals surface area contributed by atoms with E-state index in [1.807, 2.05) is 6.92 Å². The predicted octanol–water partition coefficient (Wildman–Crippen LogP) is 2.63. The molecule has 0 radical (unpaired) electrons. The van der Waals surface area contributed by atoms with Crippen LogP contribution in [0.2, 0.25) is 0 Å². The third-order valence-corrected chi connectivity index (χ3v) is 5.20. The van der Waals surface area contributed by atoms with Gasteiger partial charge in [0.05, 0.1) is 0 Å². The first kappa shape index (κ1) is 15.3. The van der Waals surface area contributed by atoms with Gasteiger partial charge in [0.1, 0.15) is 5.54 Å². The van der Waals surface area contributed by atoms with Crippen molar-refractivity contribution in [2.75, 3.05) is 13.1 Å². The fraction of sp³-hybridized carbons (Fsp3) is 0.941. The molecule has 0 saturated heterocycles. The molecular formula is C17H30N2O2. The lowest BCUT2D eigenvalue weighted by molar-refractivity contribution is -0.144. The van der Waals surface area contributed by atoms with E-state index in [0.29, 0.717) is 6.04 Å². The van der Waals surface area contributed by atoms with E-state index >= 15 is 0 Å². The van der Waals surface area contributed by atoms with Crippen LogP contribution in [0.1, 0.15) is 64.7 Å². The van der Waals surface area contributed by atoms with Gasteiger partial charge in [-0.15, -0.1) is 0 Å². The van der Waals surface area contributed by atoms with Crippen LogP contribution in [0.25, 0.3) is 0 Å². The molecule has 2 N–H and O–H groups in total. The Labute approximate surface area is 128 Å². The first-order valence-corrected chi connectivity index (χ1v) is 8.82. The van der Waals surface area contributed by atoms with Crippen molar-refractivity contribution in [2.45, 2.75) is 82.3 Å². The summed E-state index contributed by atoms with van der Waals surface area (Å²) >= 11 is 0. The molecule has 0 aromatic heterocycles. The van der Waals surface area contributed by atoms with Crippen LogP contribution in [0.3, 0.4) is 0 Å². The number of aliphatic carboxylic acids is 1. The fourth-order valence-electron chi connectivity index (χ4n) is 3.21. The largest absolute Gasteiger partial charge is 0.480 e. The molecule has 1 unspecified atom stereocenters. The number of hydrogen-bond donors (Lipinski definition) is 2. The zero-order valence-electron chi connectivity index (χ0n) is 13.3. The minimum absolute atomic E-state index is 0.448.